The summed E-state index contributed by atoms with van der Waals surface area (Å²) in [6, 6.07) is 13.1. The van der Waals surface area contributed by atoms with Gasteiger partial charge in [0.05, 0.1) is 0 Å². The summed E-state index contributed by atoms with van der Waals surface area (Å²) in [5, 5.41) is 15.4. The molecule has 104 valence electrons. The highest BCUT2D eigenvalue weighted by Gasteiger charge is 2.06. The molecule has 0 aliphatic heterocycles. The molecule has 0 radical (unpaired) electrons. The summed E-state index contributed by atoms with van der Waals surface area (Å²) in [6.45, 7) is 0.581. The number of halogens is 2. The van der Waals surface area contributed by atoms with Crippen molar-refractivity contribution in [2.45, 2.75) is 6.54 Å². The molecule has 0 atom stereocenters. The molecule has 2 rings (SSSR count). The third-order valence-corrected chi connectivity index (χ3v) is 3.84. The third-order valence-electron chi connectivity index (χ3n) is 2.80. The Hall–Kier alpha value is -1.72. The van der Waals surface area contributed by atoms with E-state index in [2.05, 4.69) is 26.4 Å². The Morgan fingerprint density at radius 1 is 1.30 bits per heavy atom. The lowest BCUT2D eigenvalue weighted by Crippen LogP contribution is -2.13. The van der Waals surface area contributed by atoms with Gasteiger partial charge in [-0.3, -0.25) is 0 Å². The molecule has 2 aromatic rings. The predicted octanol–water partition coefficient (Wildman–Crippen LogP) is 3.81. The van der Waals surface area contributed by atoms with Crippen molar-refractivity contribution >= 4 is 39.1 Å². The van der Waals surface area contributed by atoms with Gasteiger partial charge in [-0.05, 0) is 39.7 Å². The molecule has 0 amide bonds. The van der Waals surface area contributed by atoms with Crippen molar-refractivity contribution in [1.29, 1.82) is 0 Å². The second-order valence-corrected chi connectivity index (χ2v) is 5.39. The second-order valence-electron chi connectivity index (χ2n) is 4.12. The van der Waals surface area contributed by atoms with Crippen LogP contribution in [0.25, 0.3) is 0 Å². The van der Waals surface area contributed by atoms with Crippen LogP contribution in [0.2, 0.25) is 5.02 Å². The fourth-order valence-corrected chi connectivity index (χ4v) is 2.38. The lowest BCUT2D eigenvalue weighted by molar-refractivity contribution is 0.318. The molecule has 0 aromatic heterocycles. The maximum absolute atomic E-state index is 8.63. The van der Waals surface area contributed by atoms with E-state index in [1.54, 1.807) is 12.1 Å². The van der Waals surface area contributed by atoms with Crippen LogP contribution in [0.15, 0.2) is 52.1 Å². The monoisotopic (exact) mass is 353 g/mol. The Morgan fingerprint density at radius 3 is 2.70 bits per heavy atom. The summed E-state index contributed by atoms with van der Waals surface area (Å²) in [5.41, 5.74) is 8.02. The molecular weight excluding hydrogens is 342 g/mol. The standard InChI is InChI=1S/C14H13BrClN3O/c15-11-3-1-2-4-13(11)18-8-10-6-5-9(7-12(10)16)14(17)19-20/h1-7,18,20H,8H2,(H2,17,19). The minimum Gasteiger partial charge on any atom is -0.409 e. The van der Waals surface area contributed by atoms with Crippen molar-refractivity contribution in [2.24, 2.45) is 10.9 Å². The molecule has 0 aliphatic rings. The Morgan fingerprint density at radius 2 is 2.05 bits per heavy atom. The number of nitrogens with two attached hydrogens (primary N) is 1. The summed E-state index contributed by atoms with van der Waals surface area (Å²) in [6.07, 6.45) is 0. The van der Waals surface area contributed by atoms with E-state index in [9.17, 15) is 0 Å². The highest BCUT2D eigenvalue weighted by atomic mass is 79.9. The molecule has 4 nitrogen and oxygen atoms in total. The van der Waals surface area contributed by atoms with Gasteiger partial charge in [0.2, 0.25) is 0 Å². The molecule has 2 aromatic carbocycles. The molecule has 0 saturated heterocycles. The normalized spacial score (nSPS) is 11.4. The number of hydrogen-bond acceptors (Lipinski definition) is 3. The first-order valence-corrected chi connectivity index (χ1v) is 7.03. The van der Waals surface area contributed by atoms with Crippen molar-refractivity contribution in [3.63, 3.8) is 0 Å². The van der Waals surface area contributed by atoms with Gasteiger partial charge in [0, 0.05) is 27.3 Å². The summed E-state index contributed by atoms with van der Waals surface area (Å²) >= 11 is 9.67. The quantitative estimate of drug-likeness (QED) is 0.338. The van der Waals surface area contributed by atoms with E-state index >= 15 is 0 Å². The molecule has 0 bridgehead atoms. The van der Waals surface area contributed by atoms with Crippen LogP contribution in [0, 0.1) is 0 Å². The SMILES string of the molecule is N/C(=N/O)c1ccc(CNc2ccccc2Br)c(Cl)c1. The molecule has 6 heteroatoms. The van der Waals surface area contributed by atoms with Crippen LogP contribution < -0.4 is 11.1 Å². The molecule has 20 heavy (non-hydrogen) atoms. The fraction of sp³-hybridized carbons (Fsp3) is 0.0714. The average molecular weight is 355 g/mol. The van der Waals surface area contributed by atoms with Gasteiger partial charge < -0.3 is 16.3 Å². The van der Waals surface area contributed by atoms with Gasteiger partial charge in [-0.15, -0.1) is 0 Å². The molecule has 0 aliphatic carbocycles. The highest BCUT2D eigenvalue weighted by Crippen LogP contribution is 2.24. The Balaban J connectivity index is 2.13. The summed E-state index contributed by atoms with van der Waals surface area (Å²) in [4.78, 5) is 0. The molecule has 0 saturated carbocycles. The molecule has 0 fully saturated rings. The maximum atomic E-state index is 8.63. The minimum absolute atomic E-state index is 0.0391. The number of hydrogen-bond donors (Lipinski definition) is 3. The van der Waals surface area contributed by atoms with E-state index in [-0.39, 0.29) is 5.84 Å². The van der Waals surface area contributed by atoms with E-state index in [0.29, 0.717) is 17.1 Å². The van der Waals surface area contributed by atoms with Crippen LogP contribution in [0.3, 0.4) is 0 Å². The van der Waals surface area contributed by atoms with Crippen LogP contribution in [0.5, 0.6) is 0 Å². The molecule has 0 spiro atoms. The zero-order valence-corrected chi connectivity index (χ0v) is 12.8. The van der Waals surface area contributed by atoms with Crippen molar-refractivity contribution in [1.82, 2.24) is 0 Å². The van der Waals surface area contributed by atoms with Crippen molar-refractivity contribution < 1.29 is 5.21 Å². The van der Waals surface area contributed by atoms with Crippen LogP contribution in [-0.2, 0) is 6.54 Å². The number of para-hydroxylation sites is 1. The van der Waals surface area contributed by atoms with Crippen LogP contribution >= 0.6 is 27.5 Å². The number of benzene rings is 2. The predicted molar refractivity (Wildman–Crippen MR) is 85.4 cm³/mol. The number of oxime groups is 1. The minimum atomic E-state index is 0.0391. The zero-order chi connectivity index (χ0) is 14.5. The number of rotatable bonds is 4. The maximum Gasteiger partial charge on any atom is 0.170 e. The summed E-state index contributed by atoms with van der Waals surface area (Å²) in [5.74, 6) is 0.0391. The Kier molecular flexibility index (Phi) is 4.87. The van der Waals surface area contributed by atoms with Crippen molar-refractivity contribution in [2.75, 3.05) is 5.32 Å². The van der Waals surface area contributed by atoms with E-state index in [4.69, 9.17) is 22.5 Å². The van der Waals surface area contributed by atoms with Gasteiger partial charge in [0.25, 0.3) is 0 Å². The smallest absolute Gasteiger partial charge is 0.170 e. The topological polar surface area (TPSA) is 70.6 Å². The number of nitrogens with one attached hydrogen (secondary N) is 1. The van der Waals surface area contributed by atoms with Gasteiger partial charge in [-0.2, -0.15) is 0 Å². The van der Waals surface area contributed by atoms with Gasteiger partial charge in [0.15, 0.2) is 5.84 Å². The van der Waals surface area contributed by atoms with Crippen LogP contribution in [-0.4, -0.2) is 11.0 Å². The first-order chi connectivity index (χ1) is 9.61. The van der Waals surface area contributed by atoms with Crippen molar-refractivity contribution in [3.8, 4) is 0 Å². The Labute approximate surface area is 130 Å². The van der Waals surface area contributed by atoms with Gasteiger partial charge in [-0.1, -0.05) is 41.0 Å². The first kappa shape index (κ1) is 14.7. The lowest BCUT2D eigenvalue weighted by atomic mass is 10.1. The zero-order valence-electron chi connectivity index (χ0n) is 10.5. The van der Waals surface area contributed by atoms with Gasteiger partial charge >= 0.3 is 0 Å². The number of amidine groups is 1. The van der Waals surface area contributed by atoms with Crippen LogP contribution in [0.4, 0.5) is 5.69 Å². The second kappa shape index (κ2) is 6.63. The van der Waals surface area contributed by atoms with Gasteiger partial charge in [-0.25, -0.2) is 0 Å². The molecular formula is C14H13BrClN3O. The highest BCUT2D eigenvalue weighted by molar-refractivity contribution is 9.10. The summed E-state index contributed by atoms with van der Waals surface area (Å²) in [7, 11) is 0. The third kappa shape index (κ3) is 3.43. The molecule has 0 unspecified atom stereocenters. The lowest BCUT2D eigenvalue weighted by Gasteiger charge is -2.10. The van der Waals surface area contributed by atoms with Crippen LogP contribution in [0.1, 0.15) is 11.1 Å². The summed E-state index contributed by atoms with van der Waals surface area (Å²) < 4.78 is 0.990. The average Bonchev–Trinajstić information content (AvgIpc) is 2.46. The van der Waals surface area contributed by atoms with E-state index in [1.807, 2.05) is 30.3 Å². The Bertz CT molecular complexity index is 646. The first-order valence-electron chi connectivity index (χ1n) is 5.86. The largest absolute Gasteiger partial charge is 0.409 e. The number of nitrogens with zero attached hydrogens (tertiary/aromatic N) is 1. The van der Waals surface area contributed by atoms with E-state index in [1.165, 1.54) is 0 Å². The molecule has 0 heterocycles. The van der Waals surface area contributed by atoms with Gasteiger partial charge in [0.1, 0.15) is 0 Å². The molecule has 4 N–H and O–H groups in total. The van der Waals surface area contributed by atoms with E-state index in [0.717, 1.165) is 15.7 Å². The number of anilines is 1. The fourth-order valence-electron chi connectivity index (χ4n) is 1.70. The van der Waals surface area contributed by atoms with E-state index < -0.39 is 0 Å². The van der Waals surface area contributed by atoms with Crippen molar-refractivity contribution in [3.05, 3.63) is 63.1 Å².